The van der Waals surface area contributed by atoms with E-state index in [9.17, 15) is 18.0 Å². The molecule has 1 aromatic carbocycles. The average molecular weight is 371 g/mol. The molecular weight excluding hydrogens is 351 g/mol. The fraction of sp³-hybridized carbons (Fsp3) is 0.438. The molecule has 0 saturated heterocycles. The van der Waals surface area contributed by atoms with Crippen molar-refractivity contribution < 1.29 is 22.7 Å². The molecule has 1 heterocycles. The van der Waals surface area contributed by atoms with Gasteiger partial charge in [0.05, 0.1) is 11.6 Å². The zero-order valence-corrected chi connectivity index (χ0v) is 14.4. The maximum absolute atomic E-state index is 12.7. The Morgan fingerprint density at radius 3 is 2.85 bits per heavy atom. The molecule has 0 aliphatic rings. The van der Waals surface area contributed by atoms with Gasteiger partial charge in [0.15, 0.2) is 5.82 Å². The van der Waals surface area contributed by atoms with Crippen molar-refractivity contribution in [3.8, 4) is 0 Å². The van der Waals surface area contributed by atoms with Crippen LogP contribution >= 0.6 is 0 Å². The standard InChI is InChI=1S/C16H20F3N5O2/c1-11(14-23-20-10-24(14)7-4-8-26-2)21-15(25)22-13-6-3-5-12(9-13)16(17,18)19/h3,5-6,9-11H,4,7-8H2,1-2H3,(H2,21,22,25)/t11-/m0/s1. The second kappa shape index (κ2) is 8.65. The minimum atomic E-state index is -4.47. The Labute approximate surface area is 148 Å². The van der Waals surface area contributed by atoms with E-state index in [0.29, 0.717) is 19.0 Å². The molecule has 2 N–H and O–H groups in total. The van der Waals surface area contributed by atoms with E-state index in [-0.39, 0.29) is 5.69 Å². The summed E-state index contributed by atoms with van der Waals surface area (Å²) >= 11 is 0. The highest BCUT2D eigenvalue weighted by Crippen LogP contribution is 2.30. The number of halogens is 3. The first-order valence-corrected chi connectivity index (χ1v) is 7.92. The third kappa shape index (κ3) is 5.45. The van der Waals surface area contributed by atoms with E-state index in [4.69, 9.17) is 4.74 Å². The number of carbonyl (C=O) groups is 1. The fourth-order valence-electron chi connectivity index (χ4n) is 2.35. The number of amides is 2. The highest BCUT2D eigenvalue weighted by atomic mass is 19.4. The van der Waals surface area contributed by atoms with Gasteiger partial charge in [-0.05, 0) is 31.5 Å². The maximum atomic E-state index is 12.7. The van der Waals surface area contributed by atoms with Crippen LogP contribution in [0.3, 0.4) is 0 Å². The third-order valence-corrected chi connectivity index (χ3v) is 3.58. The van der Waals surface area contributed by atoms with Crippen molar-refractivity contribution in [2.75, 3.05) is 19.0 Å². The highest BCUT2D eigenvalue weighted by molar-refractivity contribution is 5.89. The van der Waals surface area contributed by atoms with Crippen LogP contribution < -0.4 is 10.6 Å². The number of nitrogens with one attached hydrogen (secondary N) is 2. The third-order valence-electron chi connectivity index (χ3n) is 3.58. The normalized spacial score (nSPS) is 12.7. The van der Waals surface area contributed by atoms with Gasteiger partial charge in [-0.1, -0.05) is 6.07 Å². The van der Waals surface area contributed by atoms with Gasteiger partial charge in [-0.25, -0.2) is 4.79 Å². The van der Waals surface area contributed by atoms with Gasteiger partial charge in [-0.3, -0.25) is 0 Å². The molecule has 10 heteroatoms. The molecule has 142 valence electrons. The van der Waals surface area contributed by atoms with Crippen molar-refractivity contribution in [2.45, 2.75) is 32.1 Å². The number of nitrogens with zero attached hydrogens (tertiary/aromatic N) is 3. The molecule has 0 spiro atoms. The number of ether oxygens (including phenoxy) is 1. The van der Waals surface area contributed by atoms with Gasteiger partial charge in [-0.15, -0.1) is 10.2 Å². The number of aromatic nitrogens is 3. The smallest absolute Gasteiger partial charge is 0.385 e. The highest BCUT2D eigenvalue weighted by Gasteiger charge is 2.30. The van der Waals surface area contributed by atoms with Gasteiger partial charge in [0.1, 0.15) is 6.33 Å². The van der Waals surface area contributed by atoms with Crippen LogP contribution in [0.4, 0.5) is 23.7 Å². The van der Waals surface area contributed by atoms with Crippen molar-refractivity contribution in [3.63, 3.8) is 0 Å². The first-order chi connectivity index (χ1) is 12.3. The average Bonchev–Trinajstić information content (AvgIpc) is 3.03. The van der Waals surface area contributed by atoms with E-state index < -0.39 is 23.8 Å². The van der Waals surface area contributed by atoms with E-state index in [2.05, 4.69) is 20.8 Å². The first-order valence-electron chi connectivity index (χ1n) is 7.92. The lowest BCUT2D eigenvalue weighted by atomic mass is 10.2. The Balaban J connectivity index is 1.97. The molecular formula is C16H20F3N5O2. The molecule has 0 aliphatic heterocycles. The van der Waals surface area contributed by atoms with Crippen molar-refractivity contribution in [2.24, 2.45) is 0 Å². The Kier molecular flexibility index (Phi) is 6.56. The van der Waals surface area contributed by atoms with Crippen LogP contribution in [0.5, 0.6) is 0 Å². The number of aryl methyl sites for hydroxylation is 1. The number of anilines is 1. The molecule has 2 amide bonds. The minimum absolute atomic E-state index is 0.0473. The maximum Gasteiger partial charge on any atom is 0.416 e. The zero-order valence-electron chi connectivity index (χ0n) is 14.4. The van der Waals surface area contributed by atoms with Crippen LogP contribution in [-0.2, 0) is 17.5 Å². The van der Waals surface area contributed by atoms with Crippen molar-refractivity contribution in [1.82, 2.24) is 20.1 Å². The van der Waals surface area contributed by atoms with Gasteiger partial charge >= 0.3 is 12.2 Å². The van der Waals surface area contributed by atoms with Crippen molar-refractivity contribution in [1.29, 1.82) is 0 Å². The van der Waals surface area contributed by atoms with Gasteiger partial charge in [0, 0.05) is 25.9 Å². The Morgan fingerprint density at radius 1 is 1.38 bits per heavy atom. The lowest BCUT2D eigenvalue weighted by Crippen LogP contribution is -2.32. The second-order valence-electron chi connectivity index (χ2n) is 5.63. The van der Waals surface area contributed by atoms with Gasteiger partial charge in [0.25, 0.3) is 0 Å². The number of carbonyl (C=O) groups excluding carboxylic acids is 1. The molecule has 0 saturated carbocycles. The quantitative estimate of drug-likeness (QED) is 0.733. The summed E-state index contributed by atoms with van der Waals surface area (Å²) in [4.78, 5) is 12.1. The summed E-state index contributed by atoms with van der Waals surface area (Å²) in [5.41, 5.74) is -0.785. The van der Waals surface area contributed by atoms with Crippen LogP contribution in [-0.4, -0.2) is 34.5 Å². The summed E-state index contributed by atoms with van der Waals surface area (Å²) < 4.78 is 44.9. The molecule has 2 rings (SSSR count). The Bertz CT molecular complexity index is 733. The Morgan fingerprint density at radius 2 is 2.15 bits per heavy atom. The number of hydrogen-bond donors (Lipinski definition) is 2. The number of rotatable bonds is 7. The SMILES string of the molecule is COCCCn1cnnc1[C@H](C)NC(=O)Nc1cccc(C(F)(F)F)c1. The summed E-state index contributed by atoms with van der Waals surface area (Å²) in [6.45, 7) is 2.91. The second-order valence-corrected chi connectivity index (χ2v) is 5.63. The molecule has 7 nitrogen and oxygen atoms in total. The number of alkyl halides is 3. The van der Waals surface area contributed by atoms with Gasteiger partial charge < -0.3 is 19.9 Å². The number of methoxy groups -OCH3 is 1. The van der Waals surface area contributed by atoms with E-state index in [1.54, 1.807) is 24.9 Å². The summed E-state index contributed by atoms with van der Waals surface area (Å²) in [5, 5.41) is 12.8. The van der Waals surface area contributed by atoms with Crippen molar-refractivity contribution in [3.05, 3.63) is 42.0 Å². The van der Waals surface area contributed by atoms with Crippen molar-refractivity contribution >= 4 is 11.7 Å². The van der Waals surface area contributed by atoms with E-state index >= 15 is 0 Å². The molecule has 0 bridgehead atoms. The summed E-state index contributed by atoms with van der Waals surface area (Å²) in [6.07, 6.45) is -2.17. The molecule has 2 aromatic rings. The van der Waals surface area contributed by atoms with Crippen LogP contribution in [0.1, 0.15) is 30.8 Å². The van der Waals surface area contributed by atoms with E-state index in [1.165, 1.54) is 12.1 Å². The largest absolute Gasteiger partial charge is 0.416 e. The lowest BCUT2D eigenvalue weighted by Gasteiger charge is -2.16. The van der Waals surface area contributed by atoms with Crippen LogP contribution in [0, 0.1) is 0 Å². The molecule has 0 radical (unpaired) electrons. The van der Waals surface area contributed by atoms with Gasteiger partial charge in [0.2, 0.25) is 0 Å². The summed E-state index contributed by atoms with van der Waals surface area (Å²) in [6, 6.07) is 3.31. The number of benzene rings is 1. The molecule has 0 fully saturated rings. The molecule has 1 aromatic heterocycles. The Hall–Kier alpha value is -2.62. The summed E-state index contributed by atoms with van der Waals surface area (Å²) in [5.74, 6) is 0.542. The molecule has 0 aliphatic carbocycles. The predicted octanol–water partition coefficient (Wildman–Crippen LogP) is 3.22. The molecule has 1 atom stereocenters. The van der Waals surface area contributed by atoms with Gasteiger partial charge in [-0.2, -0.15) is 13.2 Å². The topological polar surface area (TPSA) is 81.1 Å². The van der Waals surface area contributed by atoms with Crippen LogP contribution in [0.2, 0.25) is 0 Å². The number of urea groups is 1. The number of hydrogen-bond acceptors (Lipinski definition) is 4. The molecule has 0 unspecified atom stereocenters. The van der Waals surface area contributed by atoms with Crippen LogP contribution in [0.25, 0.3) is 0 Å². The monoisotopic (exact) mass is 371 g/mol. The predicted molar refractivity (Wildman–Crippen MR) is 88.5 cm³/mol. The summed E-state index contributed by atoms with van der Waals surface area (Å²) in [7, 11) is 1.61. The molecule has 26 heavy (non-hydrogen) atoms. The zero-order chi connectivity index (χ0) is 19.2. The van der Waals surface area contributed by atoms with E-state index in [0.717, 1.165) is 18.6 Å². The fourth-order valence-corrected chi connectivity index (χ4v) is 2.35. The van der Waals surface area contributed by atoms with E-state index in [1.807, 2.05) is 0 Å². The lowest BCUT2D eigenvalue weighted by molar-refractivity contribution is -0.137. The van der Waals surface area contributed by atoms with Crippen LogP contribution in [0.15, 0.2) is 30.6 Å². The first kappa shape index (κ1) is 19.7. The minimum Gasteiger partial charge on any atom is -0.385 e.